The Balaban J connectivity index is 1.58. The first-order valence-electron chi connectivity index (χ1n) is 9.33. The van der Waals surface area contributed by atoms with Crippen LogP contribution in [0.25, 0.3) is 0 Å². The van der Waals surface area contributed by atoms with Crippen LogP contribution in [0.5, 0.6) is 0 Å². The van der Waals surface area contributed by atoms with Gasteiger partial charge >= 0.3 is 0 Å². The number of carbonyl (C=O) groups excluding carboxylic acids is 1. The molecule has 0 bridgehead atoms. The maximum atomic E-state index is 12.6. The van der Waals surface area contributed by atoms with E-state index in [1.807, 2.05) is 49.5 Å². The molecule has 132 valence electrons. The zero-order valence-electron chi connectivity index (χ0n) is 15.2. The maximum absolute atomic E-state index is 12.6. The molecule has 0 unspecified atom stereocenters. The third kappa shape index (κ3) is 5.17. The third-order valence-electron chi connectivity index (χ3n) is 4.92. The summed E-state index contributed by atoms with van der Waals surface area (Å²) in [5.41, 5.74) is 3.21. The lowest BCUT2D eigenvalue weighted by molar-refractivity contribution is 0.0785. The van der Waals surface area contributed by atoms with Gasteiger partial charge in [0.05, 0.1) is 0 Å². The summed E-state index contributed by atoms with van der Waals surface area (Å²) >= 11 is 0. The van der Waals surface area contributed by atoms with Crippen molar-refractivity contribution in [3.8, 4) is 0 Å². The number of likely N-dealkylation sites (tertiary alicyclic amines) is 1. The smallest absolute Gasteiger partial charge is 0.253 e. The van der Waals surface area contributed by atoms with E-state index in [9.17, 15) is 4.79 Å². The third-order valence-corrected chi connectivity index (χ3v) is 4.92. The summed E-state index contributed by atoms with van der Waals surface area (Å²) < 4.78 is 0. The fourth-order valence-electron chi connectivity index (χ4n) is 3.45. The summed E-state index contributed by atoms with van der Waals surface area (Å²) in [4.78, 5) is 16.9. The molecule has 3 heteroatoms. The van der Waals surface area contributed by atoms with E-state index in [-0.39, 0.29) is 5.91 Å². The minimum Gasteiger partial charge on any atom is -0.337 e. The Morgan fingerprint density at radius 3 is 2.16 bits per heavy atom. The van der Waals surface area contributed by atoms with Gasteiger partial charge in [0.25, 0.3) is 5.91 Å². The van der Waals surface area contributed by atoms with Gasteiger partial charge < -0.3 is 4.90 Å². The lowest BCUT2D eigenvalue weighted by Gasteiger charge is -2.20. The first-order chi connectivity index (χ1) is 12.2. The van der Waals surface area contributed by atoms with E-state index < -0.39 is 0 Å². The predicted molar refractivity (Wildman–Crippen MR) is 102 cm³/mol. The standard InChI is InChI=1S/C22H28N2O/c1-23(17-19-9-5-4-6-10-19)22(25)21-13-11-20(12-14-21)18-24-15-7-2-3-8-16-24/h4-6,9-14H,2-3,7-8,15-18H2,1H3. The van der Waals surface area contributed by atoms with Gasteiger partial charge in [-0.2, -0.15) is 0 Å². The molecule has 1 heterocycles. The SMILES string of the molecule is CN(Cc1ccccc1)C(=O)c1ccc(CN2CCCCCC2)cc1. The Bertz CT molecular complexity index is 658. The molecule has 1 aliphatic rings. The normalized spacial score (nSPS) is 15.6. The quantitative estimate of drug-likeness (QED) is 0.811. The fourth-order valence-corrected chi connectivity index (χ4v) is 3.45. The fraction of sp³-hybridized carbons (Fsp3) is 0.409. The maximum Gasteiger partial charge on any atom is 0.253 e. The van der Waals surface area contributed by atoms with E-state index in [4.69, 9.17) is 0 Å². The molecule has 1 saturated heterocycles. The second-order valence-corrected chi connectivity index (χ2v) is 7.03. The summed E-state index contributed by atoms with van der Waals surface area (Å²) in [5, 5.41) is 0. The van der Waals surface area contributed by atoms with Gasteiger partial charge in [-0.3, -0.25) is 9.69 Å². The monoisotopic (exact) mass is 336 g/mol. The lowest BCUT2D eigenvalue weighted by atomic mass is 10.1. The van der Waals surface area contributed by atoms with E-state index in [0.717, 1.165) is 17.7 Å². The number of benzene rings is 2. The number of hydrogen-bond donors (Lipinski definition) is 0. The zero-order valence-corrected chi connectivity index (χ0v) is 15.2. The van der Waals surface area contributed by atoms with Crippen LogP contribution in [0.2, 0.25) is 0 Å². The van der Waals surface area contributed by atoms with Crippen LogP contribution >= 0.6 is 0 Å². The highest BCUT2D eigenvalue weighted by molar-refractivity contribution is 5.94. The first-order valence-corrected chi connectivity index (χ1v) is 9.33. The molecule has 0 atom stereocenters. The zero-order chi connectivity index (χ0) is 17.5. The Labute approximate surface area is 151 Å². The van der Waals surface area contributed by atoms with Crippen molar-refractivity contribution < 1.29 is 4.79 Å². The molecule has 0 radical (unpaired) electrons. The van der Waals surface area contributed by atoms with Gasteiger partial charge in [-0.1, -0.05) is 55.3 Å². The van der Waals surface area contributed by atoms with Gasteiger partial charge in [0, 0.05) is 25.7 Å². The molecule has 0 aromatic heterocycles. The van der Waals surface area contributed by atoms with Crippen LogP contribution in [0.1, 0.15) is 47.2 Å². The Morgan fingerprint density at radius 2 is 1.52 bits per heavy atom. The largest absolute Gasteiger partial charge is 0.337 e. The number of carbonyl (C=O) groups is 1. The molecule has 0 spiro atoms. The number of nitrogens with zero attached hydrogens (tertiary/aromatic N) is 2. The Kier molecular flexibility index (Phi) is 6.24. The Morgan fingerprint density at radius 1 is 0.880 bits per heavy atom. The molecular weight excluding hydrogens is 308 g/mol. The summed E-state index contributed by atoms with van der Waals surface area (Å²) in [5.74, 6) is 0.0742. The van der Waals surface area contributed by atoms with Crippen LogP contribution < -0.4 is 0 Å². The van der Waals surface area contributed by atoms with E-state index in [2.05, 4.69) is 17.0 Å². The van der Waals surface area contributed by atoms with E-state index in [1.54, 1.807) is 4.90 Å². The molecule has 1 amide bonds. The molecule has 2 aromatic carbocycles. The molecule has 3 rings (SSSR count). The van der Waals surface area contributed by atoms with Gasteiger partial charge in [0.1, 0.15) is 0 Å². The molecule has 0 saturated carbocycles. The van der Waals surface area contributed by atoms with Gasteiger partial charge in [-0.15, -0.1) is 0 Å². The molecule has 25 heavy (non-hydrogen) atoms. The van der Waals surface area contributed by atoms with Crippen molar-refractivity contribution in [2.45, 2.75) is 38.8 Å². The van der Waals surface area contributed by atoms with Gasteiger partial charge in [0.2, 0.25) is 0 Å². The van der Waals surface area contributed by atoms with Crippen LogP contribution in [0.4, 0.5) is 0 Å². The van der Waals surface area contributed by atoms with Gasteiger partial charge in [-0.05, 0) is 49.2 Å². The highest BCUT2D eigenvalue weighted by atomic mass is 16.2. The molecule has 0 N–H and O–H groups in total. The van der Waals surface area contributed by atoms with Crippen LogP contribution in [-0.4, -0.2) is 35.8 Å². The van der Waals surface area contributed by atoms with E-state index in [0.29, 0.717) is 6.54 Å². The van der Waals surface area contributed by atoms with Crippen molar-refractivity contribution in [2.24, 2.45) is 0 Å². The van der Waals surface area contributed by atoms with Crippen molar-refractivity contribution in [3.05, 3.63) is 71.3 Å². The van der Waals surface area contributed by atoms with Crippen LogP contribution in [0, 0.1) is 0 Å². The first kappa shape index (κ1) is 17.7. The minimum atomic E-state index is 0.0742. The topological polar surface area (TPSA) is 23.6 Å². The van der Waals surface area contributed by atoms with E-state index in [1.165, 1.54) is 44.3 Å². The molecule has 1 aliphatic heterocycles. The minimum absolute atomic E-state index is 0.0742. The summed E-state index contributed by atoms with van der Waals surface area (Å²) in [6.45, 7) is 4.02. The second kappa shape index (κ2) is 8.82. The van der Waals surface area contributed by atoms with Crippen molar-refractivity contribution in [2.75, 3.05) is 20.1 Å². The highest BCUT2D eigenvalue weighted by Gasteiger charge is 2.13. The molecule has 0 aliphatic carbocycles. The number of amides is 1. The van der Waals surface area contributed by atoms with E-state index >= 15 is 0 Å². The number of rotatable bonds is 5. The summed E-state index contributed by atoms with van der Waals surface area (Å²) in [6.07, 6.45) is 5.33. The number of hydrogen-bond acceptors (Lipinski definition) is 2. The summed E-state index contributed by atoms with van der Waals surface area (Å²) in [6, 6.07) is 18.3. The highest BCUT2D eigenvalue weighted by Crippen LogP contribution is 2.15. The van der Waals surface area contributed by atoms with Crippen LogP contribution in [-0.2, 0) is 13.1 Å². The van der Waals surface area contributed by atoms with Crippen molar-refractivity contribution in [1.82, 2.24) is 9.80 Å². The predicted octanol–water partition coefficient (Wildman–Crippen LogP) is 4.33. The van der Waals surface area contributed by atoms with Crippen LogP contribution in [0.3, 0.4) is 0 Å². The molecule has 3 nitrogen and oxygen atoms in total. The second-order valence-electron chi connectivity index (χ2n) is 7.03. The van der Waals surface area contributed by atoms with Gasteiger partial charge in [0.15, 0.2) is 0 Å². The lowest BCUT2D eigenvalue weighted by Crippen LogP contribution is -2.26. The summed E-state index contributed by atoms with van der Waals surface area (Å²) in [7, 11) is 1.86. The van der Waals surface area contributed by atoms with Crippen LogP contribution in [0.15, 0.2) is 54.6 Å². The average molecular weight is 336 g/mol. The van der Waals surface area contributed by atoms with Crippen molar-refractivity contribution in [1.29, 1.82) is 0 Å². The van der Waals surface area contributed by atoms with Gasteiger partial charge in [-0.25, -0.2) is 0 Å². The molecule has 2 aromatic rings. The molecule has 1 fully saturated rings. The Hall–Kier alpha value is -2.13. The van der Waals surface area contributed by atoms with Crippen molar-refractivity contribution >= 4 is 5.91 Å². The average Bonchev–Trinajstić information content (AvgIpc) is 2.91. The molecular formula is C22H28N2O. The van der Waals surface area contributed by atoms with Crippen molar-refractivity contribution in [3.63, 3.8) is 0 Å².